The van der Waals surface area contributed by atoms with Crippen molar-refractivity contribution in [1.29, 1.82) is 0 Å². The molecule has 0 aliphatic rings. The van der Waals surface area contributed by atoms with Gasteiger partial charge in [0.2, 0.25) is 0 Å². The first-order valence-corrected chi connectivity index (χ1v) is 10.0. The van der Waals surface area contributed by atoms with Gasteiger partial charge in [0.05, 0.1) is 20.2 Å². The number of aliphatic imine (C=N–C) groups is 1. The van der Waals surface area contributed by atoms with Crippen LogP contribution in [0.2, 0.25) is 0 Å². The Morgan fingerprint density at radius 3 is 2.32 bits per heavy atom. The Labute approximate surface area is 201 Å². The molecule has 2 aromatic carbocycles. The molecular weight excluding hydrogens is 503 g/mol. The molecule has 8 heteroatoms. The minimum Gasteiger partial charge on any atom is -0.497 e. The van der Waals surface area contributed by atoms with E-state index in [2.05, 4.69) is 52.9 Å². The fourth-order valence-electron chi connectivity index (χ4n) is 3.07. The van der Waals surface area contributed by atoms with Crippen LogP contribution in [0, 0.1) is 20.8 Å². The van der Waals surface area contributed by atoms with E-state index < -0.39 is 0 Å². The summed E-state index contributed by atoms with van der Waals surface area (Å²) in [6.45, 7) is 7.97. The lowest BCUT2D eigenvalue weighted by molar-refractivity contribution is 0.414. The maximum absolute atomic E-state index is 5.23. The molecule has 2 N–H and O–H groups in total. The summed E-state index contributed by atoms with van der Waals surface area (Å²) in [4.78, 5) is 4.76. The number of nitrogens with one attached hydrogen (secondary N) is 2. The van der Waals surface area contributed by atoms with Crippen LogP contribution in [0.15, 0.2) is 47.5 Å². The number of aryl methyl sites for hydroxylation is 3. The minimum absolute atomic E-state index is 0. The molecule has 0 unspecified atom stereocenters. The van der Waals surface area contributed by atoms with Gasteiger partial charge in [-0.15, -0.1) is 34.2 Å². The van der Waals surface area contributed by atoms with E-state index in [9.17, 15) is 0 Å². The van der Waals surface area contributed by atoms with Crippen molar-refractivity contribution in [3.63, 3.8) is 0 Å². The molecule has 0 bridgehead atoms. The number of halogens is 1. The summed E-state index contributed by atoms with van der Waals surface area (Å²) < 4.78 is 7.20. The zero-order valence-corrected chi connectivity index (χ0v) is 21.1. The number of benzene rings is 2. The van der Waals surface area contributed by atoms with Crippen molar-refractivity contribution in [3.05, 3.63) is 76.4 Å². The third-order valence-corrected chi connectivity index (χ3v) is 5.12. The van der Waals surface area contributed by atoms with Gasteiger partial charge in [-0.3, -0.25) is 0 Å². The molecule has 3 aromatic rings. The first-order chi connectivity index (χ1) is 14.5. The molecule has 0 aliphatic carbocycles. The van der Waals surface area contributed by atoms with Crippen LogP contribution in [0.5, 0.6) is 5.75 Å². The number of aromatic nitrogens is 3. The highest BCUT2D eigenvalue weighted by atomic mass is 127. The lowest BCUT2D eigenvalue weighted by atomic mass is 10.1. The van der Waals surface area contributed by atoms with Gasteiger partial charge < -0.3 is 19.9 Å². The number of hydrogen-bond donors (Lipinski definition) is 2. The molecule has 0 saturated carbocycles. The Kier molecular flexibility index (Phi) is 9.29. The Balaban J connectivity index is 0.00000341. The van der Waals surface area contributed by atoms with E-state index in [1.165, 1.54) is 16.7 Å². The molecule has 31 heavy (non-hydrogen) atoms. The van der Waals surface area contributed by atoms with Gasteiger partial charge in [-0.1, -0.05) is 35.9 Å². The van der Waals surface area contributed by atoms with Crippen LogP contribution in [0.3, 0.4) is 0 Å². The Morgan fingerprint density at radius 1 is 1.00 bits per heavy atom. The summed E-state index contributed by atoms with van der Waals surface area (Å²) >= 11 is 0. The Morgan fingerprint density at radius 2 is 1.71 bits per heavy atom. The van der Waals surface area contributed by atoms with Crippen molar-refractivity contribution in [2.45, 2.75) is 40.4 Å². The van der Waals surface area contributed by atoms with Crippen LogP contribution in [0.25, 0.3) is 0 Å². The summed E-state index contributed by atoms with van der Waals surface area (Å²) in [6, 6.07) is 14.4. The number of rotatable bonds is 7. The Hall–Kier alpha value is -2.62. The van der Waals surface area contributed by atoms with E-state index in [1.807, 2.05) is 42.8 Å². The van der Waals surface area contributed by atoms with Gasteiger partial charge in [-0.25, -0.2) is 4.99 Å². The predicted octanol–water partition coefficient (Wildman–Crippen LogP) is 3.80. The van der Waals surface area contributed by atoms with Gasteiger partial charge in [-0.2, -0.15) is 0 Å². The number of ether oxygens (including phenoxy) is 1. The monoisotopic (exact) mass is 534 g/mol. The molecule has 0 aliphatic heterocycles. The maximum atomic E-state index is 5.23. The average Bonchev–Trinajstić information content (AvgIpc) is 3.06. The molecular formula is C23H31IN6O. The first-order valence-electron chi connectivity index (χ1n) is 10.0. The molecule has 0 radical (unpaired) electrons. The lowest BCUT2D eigenvalue weighted by Crippen LogP contribution is -2.37. The van der Waals surface area contributed by atoms with Crippen LogP contribution in [0.1, 0.15) is 33.9 Å². The predicted molar refractivity (Wildman–Crippen MR) is 135 cm³/mol. The smallest absolute Gasteiger partial charge is 0.192 e. The lowest BCUT2D eigenvalue weighted by Gasteiger charge is -2.14. The van der Waals surface area contributed by atoms with E-state index in [4.69, 9.17) is 9.73 Å². The highest BCUT2D eigenvalue weighted by Crippen LogP contribution is 2.12. The zero-order chi connectivity index (χ0) is 21.5. The largest absolute Gasteiger partial charge is 0.497 e. The van der Waals surface area contributed by atoms with Crippen molar-refractivity contribution < 1.29 is 4.74 Å². The van der Waals surface area contributed by atoms with Crippen molar-refractivity contribution in [2.24, 2.45) is 12.0 Å². The fourth-order valence-corrected chi connectivity index (χ4v) is 3.07. The average molecular weight is 534 g/mol. The van der Waals surface area contributed by atoms with Crippen molar-refractivity contribution >= 4 is 29.9 Å². The van der Waals surface area contributed by atoms with Crippen LogP contribution >= 0.6 is 24.0 Å². The van der Waals surface area contributed by atoms with E-state index >= 15 is 0 Å². The maximum Gasteiger partial charge on any atom is 0.192 e. The second-order valence-corrected chi connectivity index (χ2v) is 7.37. The normalized spacial score (nSPS) is 11.1. The molecule has 0 fully saturated rings. The van der Waals surface area contributed by atoms with Gasteiger partial charge in [0.15, 0.2) is 11.8 Å². The summed E-state index contributed by atoms with van der Waals surface area (Å²) in [5.41, 5.74) is 4.88. The Bertz CT molecular complexity index is 1010. The van der Waals surface area contributed by atoms with Crippen LogP contribution in [-0.4, -0.2) is 27.8 Å². The van der Waals surface area contributed by atoms with Gasteiger partial charge in [0.25, 0.3) is 0 Å². The summed E-state index contributed by atoms with van der Waals surface area (Å²) in [6.07, 6.45) is 0. The molecule has 0 atom stereocenters. The molecule has 0 amide bonds. The highest BCUT2D eigenvalue weighted by molar-refractivity contribution is 14.0. The number of guanidine groups is 1. The van der Waals surface area contributed by atoms with Crippen LogP contribution < -0.4 is 15.4 Å². The summed E-state index contributed by atoms with van der Waals surface area (Å²) in [5.74, 6) is 3.31. The molecule has 7 nitrogen and oxygen atoms in total. The third kappa shape index (κ3) is 6.95. The van der Waals surface area contributed by atoms with Gasteiger partial charge in [-0.05, 0) is 49.6 Å². The zero-order valence-electron chi connectivity index (χ0n) is 18.8. The summed E-state index contributed by atoms with van der Waals surface area (Å²) in [7, 11) is 3.63. The van der Waals surface area contributed by atoms with Gasteiger partial charge >= 0.3 is 0 Å². The number of hydrogen-bond acceptors (Lipinski definition) is 4. The van der Waals surface area contributed by atoms with Crippen molar-refractivity contribution in [1.82, 2.24) is 25.4 Å². The van der Waals surface area contributed by atoms with Crippen molar-refractivity contribution in [3.8, 4) is 5.75 Å². The van der Waals surface area contributed by atoms with E-state index in [0.29, 0.717) is 19.6 Å². The van der Waals surface area contributed by atoms with Crippen LogP contribution in [-0.2, 0) is 26.7 Å². The van der Waals surface area contributed by atoms with Gasteiger partial charge in [0, 0.05) is 13.6 Å². The number of nitrogens with zero attached hydrogens (tertiary/aromatic N) is 4. The second-order valence-electron chi connectivity index (χ2n) is 7.37. The van der Waals surface area contributed by atoms with Crippen LogP contribution in [0.4, 0.5) is 0 Å². The third-order valence-electron chi connectivity index (χ3n) is 5.12. The molecule has 3 rings (SSSR count). The van der Waals surface area contributed by atoms with E-state index in [1.54, 1.807) is 7.11 Å². The summed E-state index contributed by atoms with van der Waals surface area (Å²) in [5, 5.41) is 15.2. The second kappa shape index (κ2) is 11.7. The molecule has 1 heterocycles. The van der Waals surface area contributed by atoms with Gasteiger partial charge in [0.1, 0.15) is 11.6 Å². The minimum atomic E-state index is 0. The fraction of sp³-hybridized carbons (Fsp3) is 0.348. The molecule has 0 spiro atoms. The SMILES string of the molecule is COc1ccc(CN=C(NCc2ccc(C)cc2C)NCc2nnc(C)n2C)cc1.I. The first kappa shape index (κ1) is 24.6. The standard InChI is InChI=1S/C23H30N6O.HI/c1-16-6-9-20(17(2)12-16)14-25-23(26-15-22-28-27-18(3)29(22)4)24-13-19-7-10-21(30-5)11-8-19;/h6-12H,13-15H2,1-5H3,(H2,24,25,26);1H. The van der Waals surface area contributed by atoms with E-state index in [0.717, 1.165) is 28.9 Å². The highest BCUT2D eigenvalue weighted by Gasteiger charge is 2.07. The number of methoxy groups -OCH3 is 1. The van der Waals surface area contributed by atoms with E-state index in [-0.39, 0.29) is 24.0 Å². The topological polar surface area (TPSA) is 76.4 Å². The quantitative estimate of drug-likeness (QED) is 0.274. The van der Waals surface area contributed by atoms with Crippen molar-refractivity contribution in [2.75, 3.05) is 7.11 Å². The molecule has 166 valence electrons. The molecule has 0 saturated heterocycles. The molecule has 1 aromatic heterocycles.